The summed E-state index contributed by atoms with van der Waals surface area (Å²) in [5.74, 6) is 0.337. The number of rotatable bonds is 15. The summed E-state index contributed by atoms with van der Waals surface area (Å²) in [6, 6.07) is 9.99. The van der Waals surface area contributed by atoms with Gasteiger partial charge >= 0.3 is 0 Å². The highest BCUT2D eigenvalue weighted by Crippen LogP contribution is 2.22. The molecular weight excluding hydrogens is 473 g/mol. The van der Waals surface area contributed by atoms with Crippen LogP contribution in [0.5, 0.6) is 0 Å². The molecule has 0 fully saturated rings. The van der Waals surface area contributed by atoms with Crippen molar-refractivity contribution >= 4 is 11.8 Å². The first-order chi connectivity index (χ1) is 17.5. The van der Waals surface area contributed by atoms with Crippen molar-refractivity contribution in [2.45, 2.75) is 88.6 Å². The van der Waals surface area contributed by atoms with E-state index in [9.17, 15) is 14.0 Å². The molecule has 0 saturated carbocycles. The van der Waals surface area contributed by atoms with Gasteiger partial charge in [-0.25, -0.2) is 4.39 Å². The zero-order chi connectivity index (χ0) is 25.8. The normalized spacial score (nSPS) is 11.2. The van der Waals surface area contributed by atoms with E-state index in [0.717, 1.165) is 24.9 Å². The van der Waals surface area contributed by atoms with E-state index < -0.39 is 0 Å². The predicted octanol–water partition coefficient (Wildman–Crippen LogP) is 6.50. The molecule has 36 heavy (non-hydrogen) atoms. The van der Waals surface area contributed by atoms with Gasteiger partial charge in [-0.3, -0.25) is 9.59 Å². The molecule has 0 bridgehead atoms. The third kappa shape index (κ3) is 8.77. The van der Waals surface area contributed by atoms with Crippen LogP contribution in [0.25, 0.3) is 0 Å². The van der Waals surface area contributed by atoms with Gasteiger partial charge in [0, 0.05) is 49.3 Å². The molecule has 2 heterocycles. The molecule has 3 rings (SSSR count). The van der Waals surface area contributed by atoms with E-state index in [1.807, 2.05) is 12.3 Å². The number of aryl methyl sites for hydroxylation is 2. The van der Waals surface area contributed by atoms with E-state index in [0.29, 0.717) is 22.0 Å². The number of nitrogens with zero attached hydrogens (tertiary/aromatic N) is 3. The van der Waals surface area contributed by atoms with Gasteiger partial charge < -0.3 is 9.13 Å². The standard InChI is InChI=1S/C29H38FN3O2S/c1-3-4-5-6-7-8-9-10-11-19-33-21-25(20-24-13-12-18-32(2)28(24)35)27(34)31-29(33)36-22-23-14-16-26(30)17-15-23/h12-18,21H,3-11,19-20,22H2,1-2H3. The number of pyridine rings is 1. The van der Waals surface area contributed by atoms with Crippen molar-refractivity contribution in [1.29, 1.82) is 0 Å². The van der Waals surface area contributed by atoms with Gasteiger partial charge in [0.2, 0.25) is 0 Å². The van der Waals surface area contributed by atoms with Crippen molar-refractivity contribution in [3.05, 3.63) is 92.0 Å². The average Bonchev–Trinajstić information content (AvgIpc) is 2.87. The summed E-state index contributed by atoms with van der Waals surface area (Å²) in [4.78, 5) is 29.8. The second kappa shape index (κ2) is 14.8. The van der Waals surface area contributed by atoms with Crippen LogP contribution in [0.15, 0.2) is 63.5 Å². The fraction of sp³-hybridized carbons (Fsp3) is 0.483. The Kier molecular flexibility index (Phi) is 11.5. The van der Waals surface area contributed by atoms with E-state index in [-0.39, 0.29) is 23.4 Å². The Morgan fingerprint density at radius 1 is 0.889 bits per heavy atom. The molecule has 0 aliphatic heterocycles. The minimum absolute atomic E-state index is 0.0999. The average molecular weight is 512 g/mol. The highest BCUT2D eigenvalue weighted by atomic mass is 32.2. The molecule has 0 aliphatic carbocycles. The van der Waals surface area contributed by atoms with Gasteiger partial charge in [-0.1, -0.05) is 88.3 Å². The lowest BCUT2D eigenvalue weighted by Crippen LogP contribution is -2.24. The Morgan fingerprint density at radius 2 is 1.56 bits per heavy atom. The SMILES string of the molecule is CCCCCCCCCCCn1cc(Cc2cccn(C)c2=O)c(=O)nc1SCc1ccc(F)cc1. The minimum atomic E-state index is -0.300. The van der Waals surface area contributed by atoms with E-state index in [1.54, 1.807) is 31.4 Å². The van der Waals surface area contributed by atoms with Crippen molar-refractivity contribution in [2.24, 2.45) is 7.05 Å². The van der Waals surface area contributed by atoms with Crippen molar-refractivity contribution < 1.29 is 4.39 Å². The van der Waals surface area contributed by atoms with Gasteiger partial charge in [0.05, 0.1) is 0 Å². The van der Waals surface area contributed by atoms with Gasteiger partial charge in [0.1, 0.15) is 5.82 Å². The number of aromatic nitrogens is 3. The molecule has 0 atom stereocenters. The molecule has 0 amide bonds. The molecule has 0 radical (unpaired) electrons. The lowest BCUT2D eigenvalue weighted by molar-refractivity contribution is 0.513. The second-order valence-corrected chi connectivity index (χ2v) is 10.4. The molecule has 0 saturated heterocycles. The molecule has 7 heteroatoms. The van der Waals surface area contributed by atoms with Crippen LogP contribution >= 0.6 is 11.8 Å². The maximum atomic E-state index is 13.3. The maximum Gasteiger partial charge on any atom is 0.277 e. The number of benzene rings is 1. The maximum absolute atomic E-state index is 13.3. The van der Waals surface area contributed by atoms with Crippen LogP contribution < -0.4 is 11.1 Å². The highest BCUT2D eigenvalue weighted by molar-refractivity contribution is 7.98. The molecule has 5 nitrogen and oxygen atoms in total. The van der Waals surface area contributed by atoms with Gasteiger partial charge in [-0.05, 0) is 30.2 Å². The highest BCUT2D eigenvalue weighted by Gasteiger charge is 2.12. The summed E-state index contributed by atoms with van der Waals surface area (Å²) in [6.45, 7) is 3.01. The Hall–Kier alpha value is -2.67. The number of unbranched alkanes of at least 4 members (excludes halogenated alkanes) is 8. The summed E-state index contributed by atoms with van der Waals surface area (Å²) in [5, 5.41) is 0.661. The van der Waals surface area contributed by atoms with E-state index in [4.69, 9.17) is 0 Å². The monoisotopic (exact) mass is 511 g/mol. The van der Waals surface area contributed by atoms with Crippen LogP contribution in [-0.2, 0) is 25.8 Å². The molecule has 3 aromatic rings. The van der Waals surface area contributed by atoms with E-state index >= 15 is 0 Å². The third-order valence-corrected chi connectivity index (χ3v) is 7.46. The predicted molar refractivity (Wildman–Crippen MR) is 146 cm³/mol. The molecule has 0 aliphatic rings. The Bertz CT molecular complexity index is 1200. The topological polar surface area (TPSA) is 56.9 Å². The van der Waals surface area contributed by atoms with Crippen LogP contribution in [0.3, 0.4) is 0 Å². The fourth-order valence-electron chi connectivity index (χ4n) is 4.23. The van der Waals surface area contributed by atoms with E-state index in [2.05, 4.69) is 16.5 Å². The van der Waals surface area contributed by atoms with Crippen molar-refractivity contribution in [3.8, 4) is 0 Å². The summed E-state index contributed by atoms with van der Waals surface area (Å²) in [7, 11) is 1.71. The molecular formula is C29H38FN3O2S. The number of hydrogen-bond donors (Lipinski definition) is 0. The van der Waals surface area contributed by atoms with Gasteiger partial charge in [0.25, 0.3) is 11.1 Å². The van der Waals surface area contributed by atoms with E-state index in [1.165, 1.54) is 73.4 Å². The van der Waals surface area contributed by atoms with Crippen LogP contribution in [0.2, 0.25) is 0 Å². The summed E-state index contributed by atoms with van der Waals surface area (Å²) in [6.07, 6.45) is 15.0. The van der Waals surface area contributed by atoms with Crippen LogP contribution in [0, 0.1) is 5.82 Å². The quantitative estimate of drug-likeness (QED) is 0.133. The molecule has 0 N–H and O–H groups in total. The van der Waals surface area contributed by atoms with Gasteiger partial charge in [-0.2, -0.15) is 4.98 Å². The second-order valence-electron chi connectivity index (χ2n) is 9.42. The number of thioether (sulfide) groups is 1. The van der Waals surface area contributed by atoms with Gasteiger partial charge in [-0.15, -0.1) is 0 Å². The third-order valence-electron chi connectivity index (χ3n) is 6.40. The summed E-state index contributed by atoms with van der Waals surface area (Å²) in [5.41, 5.74) is 1.69. The Morgan fingerprint density at radius 3 is 2.25 bits per heavy atom. The fourth-order valence-corrected chi connectivity index (χ4v) is 5.18. The zero-order valence-corrected chi connectivity index (χ0v) is 22.4. The van der Waals surface area contributed by atoms with Crippen molar-refractivity contribution in [3.63, 3.8) is 0 Å². The molecule has 0 spiro atoms. The largest absolute Gasteiger partial charge is 0.327 e. The molecule has 2 aromatic heterocycles. The van der Waals surface area contributed by atoms with Gasteiger partial charge in [0.15, 0.2) is 5.16 Å². The Balaban J connectivity index is 1.68. The van der Waals surface area contributed by atoms with Crippen LogP contribution in [-0.4, -0.2) is 14.1 Å². The number of halogens is 1. The first-order valence-electron chi connectivity index (χ1n) is 13.1. The van der Waals surface area contributed by atoms with Crippen molar-refractivity contribution in [1.82, 2.24) is 14.1 Å². The van der Waals surface area contributed by atoms with Crippen molar-refractivity contribution in [2.75, 3.05) is 0 Å². The molecule has 194 valence electrons. The Labute approximate surface area is 217 Å². The first kappa shape index (κ1) is 27.9. The lowest BCUT2D eigenvalue weighted by atomic mass is 10.1. The lowest BCUT2D eigenvalue weighted by Gasteiger charge is -2.14. The first-order valence-corrected chi connectivity index (χ1v) is 14.1. The minimum Gasteiger partial charge on any atom is -0.327 e. The zero-order valence-electron chi connectivity index (χ0n) is 21.5. The smallest absolute Gasteiger partial charge is 0.277 e. The summed E-state index contributed by atoms with van der Waals surface area (Å²) < 4.78 is 16.8. The molecule has 0 unspecified atom stereocenters. The van der Waals surface area contributed by atoms with Crippen LogP contribution in [0.1, 0.15) is 81.4 Å². The molecule has 1 aromatic carbocycles. The summed E-state index contributed by atoms with van der Waals surface area (Å²) >= 11 is 1.48. The van der Waals surface area contributed by atoms with Crippen LogP contribution in [0.4, 0.5) is 4.39 Å². The number of hydrogen-bond acceptors (Lipinski definition) is 4.